The molecule has 1 aromatic rings. The van der Waals surface area contributed by atoms with Gasteiger partial charge in [0, 0.05) is 13.1 Å². The molecule has 0 atom stereocenters. The fourth-order valence-corrected chi connectivity index (χ4v) is 0.755. The number of rotatable bonds is 0. The maximum absolute atomic E-state index is 5.03. The van der Waals surface area contributed by atoms with E-state index in [1.165, 1.54) is 0 Å². The normalized spacial score (nSPS) is 9.75. The highest BCUT2D eigenvalue weighted by atomic mass is 32.1. The summed E-state index contributed by atoms with van der Waals surface area (Å²) < 4.78 is 7.33. The van der Waals surface area contributed by atoms with Crippen LogP contribution < -0.4 is 0 Å². The summed E-state index contributed by atoms with van der Waals surface area (Å²) in [5.74, 6) is 0.859. The molecule has 0 amide bonds. The average Bonchev–Trinajstić information content (AvgIpc) is 1.85. The molecule has 0 aliphatic heterocycles. The van der Waals surface area contributed by atoms with Crippen molar-refractivity contribution >= 4 is 12.2 Å². The fourth-order valence-electron chi connectivity index (χ4n) is 0.552. The third-order valence-electron chi connectivity index (χ3n) is 0.918. The molecule has 2 nitrogen and oxygen atoms in total. The first-order valence-electron chi connectivity index (χ1n) is 2.34. The average molecular weight is 129 g/mol. The monoisotopic (exact) mass is 129 g/mol. The Kier molecular flexibility index (Phi) is 1.21. The molecule has 8 heavy (non-hydrogen) atoms. The third kappa shape index (κ3) is 0.816. The number of nitrogens with zero attached hydrogens (tertiary/aromatic N) is 1. The molecule has 0 unspecified atom stereocenters. The van der Waals surface area contributed by atoms with Gasteiger partial charge < -0.3 is 4.52 Å². The van der Waals surface area contributed by atoms with E-state index in [2.05, 4.69) is 0 Å². The molecule has 0 bridgehead atoms. The van der Waals surface area contributed by atoms with Gasteiger partial charge in [0.2, 0.25) is 0 Å². The molecule has 1 rings (SSSR count). The molecule has 0 radical (unpaired) electrons. The van der Waals surface area contributed by atoms with Crippen LogP contribution in [0.5, 0.6) is 0 Å². The van der Waals surface area contributed by atoms with E-state index in [1.54, 1.807) is 11.8 Å². The minimum absolute atomic E-state index is 0.738. The zero-order chi connectivity index (χ0) is 6.15. The summed E-state index contributed by atoms with van der Waals surface area (Å²) in [5.41, 5.74) is 0. The molecule has 0 N–H and O–H groups in total. The number of hydrogen-bond donors (Lipinski definition) is 0. The number of hydrogen-bond acceptors (Lipinski definition) is 2. The second-order valence-electron chi connectivity index (χ2n) is 1.68. The first-order valence-corrected chi connectivity index (χ1v) is 2.75. The van der Waals surface area contributed by atoms with Crippen LogP contribution in [0.15, 0.2) is 10.6 Å². The molecule has 0 aromatic carbocycles. The Labute approximate surface area is 52.7 Å². The minimum atomic E-state index is 0.738. The highest BCUT2D eigenvalue weighted by Gasteiger charge is 1.89. The van der Waals surface area contributed by atoms with Crippen LogP contribution in [0.3, 0.4) is 0 Å². The van der Waals surface area contributed by atoms with Crippen molar-refractivity contribution in [2.45, 2.75) is 6.92 Å². The van der Waals surface area contributed by atoms with E-state index < -0.39 is 0 Å². The van der Waals surface area contributed by atoms with E-state index in [4.69, 9.17) is 16.7 Å². The Morgan fingerprint density at radius 1 is 1.75 bits per heavy atom. The lowest BCUT2D eigenvalue weighted by Gasteiger charge is -1.82. The molecule has 0 spiro atoms. The summed E-state index contributed by atoms with van der Waals surface area (Å²) >= 11 is 4.84. The molecule has 1 heterocycles. The highest BCUT2D eigenvalue weighted by molar-refractivity contribution is 7.71. The molecule has 1 aromatic heterocycles. The Morgan fingerprint density at radius 2 is 2.38 bits per heavy atom. The predicted octanol–water partition coefficient (Wildman–Crippen LogP) is 1.66. The molecular formula is C5H7NOS. The molecule has 3 heteroatoms. The van der Waals surface area contributed by atoms with Gasteiger partial charge in [-0.3, -0.25) is 0 Å². The first kappa shape index (κ1) is 5.56. The molecule has 0 aliphatic carbocycles. The molecule has 0 saturated heterocycles. The van der Waals surface area contributed by atoms with Gasteiger partial charge in [0.1, 0.15) is 10.4 Å². The van der Waals surface area contributed by atoms with Crippen molar-refractivity contribution in [2.75, 3.05) is 0 Å². The van der Waals surface area contributed by atoms with Gasteiger partial charge in [0.25, 0.3) is 0 Å². The summed E-state index contributed by atoms with van der Waals surface area (Å²) in [5, 5.41) is 0. The number of aromatic nitrogens is 1. The lowest BCUT2D eigenvalue weighted by atomic mass is 10.5. The van der Waals surface area contributed by atoms with E-state index in [0.717, 1.165) is 10.4 Å². The maximum Gasteiger partial charge on any atom is 0.140 e. The topological polar surface area (TPSA) is 18.1 Å². The highest BCUT2D eigenvalue weighted by Crippen LogP contribution is 1.98. The summed E-state index contributed by atoms with van der Waals surface area (Å²) in [6.45, 7) is 1.87. The van der Waals surface area contributed by atoms with E-state index in [-0.39, 0.29) is 0 Å². The van der Waals surface area contributed by atoms with Gasteiger partial charge in [0.15, 0.2) is 0 Å². The maximum atomic E-state index is 5.03. The molecule has 0 saturated carbocycles. The Morgan fingerprint density at radius 3 is 2.50 bits per heavy atom. The molecule has 44 valence electrons. The molecule has 0 aliphatic rings. The van der Waals surface area contributed by atoms with Crippen molar-refractivity contribution < 1.29 is 4.52 Å². The Hall–Kier alpha value is -0.570. The van der Waals surface area contributed by atoms with Crippen LogP contribution in [0, 0.1) is 11.6 Å². The second kappa shape index (κ2) is 1.74. The lowest BCUT2D eigenvalue weighted by molar-refractivity contribution is 0.288. The smallest absolute Gasteiger partial charge is 0.140 e. The van der Waals surface area contributed by atoms with Gasteiger partial charge in [-0.2, -0.15) is 0 Å². The van der Waals surface area contributed by atoms with Crippen molar-refractivity contribution in [2.24, 2.45) is 7.05 Å². The van der Waals surface area contributed by atoms with Crippen LogP contribution >= 0.6 is 12.2 Å². The van der Waals surface area contributed by atoms with Crippen molar-refractivity contribution in [1.29, 1.82) is 0 Å². The van der Waals surface area contributed by atoms with Crippen LogP contribution in [0.25, 0.3) is 0 Å². The zero-order valence-corrected chi connectivity index (χ0v) is 5.66. The van der Waals surface area contributed by atoms with E-state index >= 15 is 0 Å². The van der Waals surface area contributed by atoms with Gasteiger partial charge in [-0.05, 0) is 6.92 Å². The SMILES string of the molecule is Cc1cc(=S)n(C)o1. The number of aryl methyl sites for hydroxylation is 2. The van der Waals surface area contributed by atoms with Crippen molar-refractivity contribution in [3.8, 4) is 0 Å². The van der Waals surface area contributed by atoms with Crippen LogP contribution in [0.4, 0.5) is 0 Å². The van der Waals surface area contributed by atoms with Gasteiger partial charge in [-0.1, -0.05) is 12.2 Å². The first-order chi connectivity index (χ1) is 3.70. The van der Waals surface area contributed by atoms with Gasteiger partial charge in [0.05, 0.1) is 0 Å². The molecule has 0 fully saturated rings. The van der Waals surface area contributed by atoms with Crippen LogP contribution in [-0.2, 0) is 7.05 Å². The zero-order valence-electron chi connectivity index (χ0n) is 4.84. The van der Waals surface area contributed by atoms with Crippen LogP contribution in [0.1, 0.15) is 5.76 Å². The fraction of sp³-hybridized carbons (Fsp3) is 0.400. The molecular weight excluding hydrogens is 122 g/mol. The standard InChI is InChI=1S/C5H7NOS/c1-4-3-5(8)6(2)7-4/h3H,1-2H3. The summed E-state index contributed by atoms with van der Waals surface area (Å²) in [7, 11) is 1.79. The Balaban J connectivity index is 3.35. The largest absolute Gasteiger partial charge is 0.384 e. The predicted molar refractivity (Wildman–Crippen MR) is 33.2 cm³/mol. The van der Waals surface area contributed by atoms with E-state index in [1.807, 2.05) is 13.0 Å². The van der Waals surface area contributed by atoms with Crippen LogP contribution in [0.2, 0.25) is 0 Å². The quantitative estimate of drug-likeness (QED) is 0.496. The van der Waals surface area contributed by atoms with Gasteiger partial charge >= 0.3 is 0 Å². The lowest BCUT2D eigenvalue weighted by Crippen LogP contribution is -1.80. The van der Waals surface area contributed by atoms with Crippen LogP contribution in [-0.4, -0.2) is 4.74 Å². The van der Waals surface area contributed by atoms with Gasteiger partial charge in [-0.25, -0.2) is 4.74 Å². The summed E-state index contributed by atoms with van der Waals surface area (Å²) in [6, 6.07) is 1.81. The minimum Gasteiger partial charge on any atom is -0.384 e. The van der Waals surface area contributed by atoms with E-state index in [9.17, 15) is 0 Å². The van der Waals surface area contributed by atoms with Gasteiger partial charge in [-0.15, -0.1) is 0 Å². The third-order valence-corrected chi connectivity index (χ3v) is 1.29. The summed E-state index contributed by atoms with van der Waals surface area (Å²) in [6.07, 6.45) is 0. The second-order valence-corrected chi connectivity index (χ2v) is 2.10. The summed E-state index contributed by atoms with van der Waals surface area (Å²) in [4.78, 5) is 0. The Bertz CT molecular complexity index is 235. The van der Waals surface area contributed by atoms with Crippen molar-refractivity contribution in [3.05, 3.63) is 16.5 Å². The van der Waals surface area contributed by atoms with E-state index in [0.29, 0.717) is 0 Å². The van der Waals surface area contributed by atoms with Crippen molar-refractivity contribution in [3.63, 3.8) is 0 Å². The van der Waals surface area contributed by atoms with Crippen molar-refractivity contribution in [1.82, 2.24) is 4.74 Å².